The summed E-state index contributed by atoms with van der Waals surface area (Å²) in [5, 5.41) is 8.52. The van der Waals surface area contributed by atoms with Gasteiger partial charge in [0.25, 0.3) is 0 Å². The molecule has 2 saturated heterocycles. The molecule has 2 aliphatic rings. The minimum atomic E-state index is -0.347. The number of hydrogen-bond donors (Lipinski definition) is 1. The predicted molar refractivity (Wildman–Crippen MR) is 124 cm³/mol. The first-order valence-electron chi connectivity index (χ1n) is 11.3. The Hall–Kier alpha value is -2.97. The van der Waals surface area contributed by atoms with Gasteiger partial charge < -0.3 is 20.1 Å². The van der Waals surface area contributed by atoms with Gasteiger partial charge in [-0.3, -0.25) is 4.90 Å². The van der Waals surface area contributed by atoms with Crippen LogP contribution in [-0.4, -0.2) is 61.3 Å². The Morgan fingerprint density at radius 1 is 1.03 bits per heavy atom. The largest absolute Gasteiger partial charge is 0.415 e. The molecule has 8 heteroatoms. The van der Waals surface area contributed by atoms with E-state index in [2.05, 4.69) is 15.1 Å². The van der Waals surface area contributed by atoms with Crippen molar-refractivity contribution in [2.45, 2.75) is 32.2 Å². The Kier molecular flexibility index (Phi) is 7.34. The molecule has 2 heterocycles. The lowest BCUT2D eigenvalue weighted by Gasteiger charge is -2.37. The lowest BCUT2D eigenvalue weighted by atomic mass is 10.0. The number of rotatable bonds is 4. The maximum Gasteiger partial charge on any atom is 0.415 e. The number of azo groups is 1. The number of nitrogen functional groups attached to an aromatic ring is 1. The van der Waals surface area contributed by atoms with Crippen LogP contribution in [0.4, 0.5) is 21.9 Å². The number of carbonyl (C=O) groups excluding carboxylic acids is 1. The standard InChI is InChI=1S/C24H31N5O3/c1-18-7-8-21(20(25)17-18)26-27-22-5-2-3-6-23(22)32-24(30)29-12-9-19(10-13-29)28-11-4-15-31-16-14-28/h2-3,5-8,17,19H,4,9-16,25H2,1H3. The van der Waals surface area contributed by atoms with Crippen LogP contribution in [0.2, 0.25) is 0 Å². The van der Waals surface area contributed by atoms with Gasteiger partial charge in [-0.1, -0.05) is 18.2 Å². The van der Waals surface area contributed by atoms with Crippen molar-refractivity contribution in [3.05, 3.63) is 48.0 Å². The number of amides is 1. The number of anilines is 1. The topological polar surface area (TPSA) is 92.8 Å². The Labute approximate surface area is 189 Å². The van der Waals surface area contributed by atoms with Crippen LogP contribution < -0.4 is 10.5 Å². The van der Waals surface area contributed by atoms with Crippen LogP contribution in [0.15, 0.2) is 52.7 Å². The summed E-state index contributed by atoms with van der Waals surface area (Å²) >= 11 is 0. The fraction of sp³-hybridized carbons (Fsp3) is 0.458. The lowest BCUT2D eigenvalue weighted by Crippen LogP contribution is -2.48. The normalized spacial score (nSPS) is 18.6. The van der Waals surface area contributed by atoms with E-state index in [0.29, 0.717) is 41.9 Å². The van der Waals surface area contributed by atoms with Crippen LogP contribution >= 0.6 is 0 Å². The monoisotopic (exact) mass is 437 g/mol. The molecule has 170 valence electrons. The number of hydrogen-bond acceptors (Lipinski definition) is 7. The maximum atomic E-state index is 12.8. The number of ether oxygens (including phenoxy) is 2. The molecule has 2 N–H and O–H groups in total. The van der Waals surface area contributed by atoms with Crippen LogP contribution in [0.25, 0.3) is 0 Å². The molecule has 2 fully saturated rings. The molecule has 2 aromatic carbocycles. The molecular formula is C24H31N5O3. The Morgan fingerprint density at radius 2 is 1.81 bits per heavy atom. The van der Waals surface area contributed by atoms with E-state index in [-0.39, 0.29) is 6.09 Å². The number of para-hydroxylation sites is 1. The summed E-state index contributed by atoms with van der Waals surface area (Å²) in [5.41, 5.74) is 8.70. The number of piperidine rings is 1. The van der Waals surface area contributed by atoms with Gasteiger partial charge in [-0.05, 0) is 56.0 Å². The van der Waals surface area contributed by atoms with Gasteiger partial charge in [-0.2, -0.15) is 0 Å². The molecule has 0 unspecified atom stereocenters. The van der Waals surface area contributed by atoms with Crippen LogP contribution in [0.3, 0.4) is 0 Å². The van der Waals surface area contributed by atoms with E-state index in [1.54, 1.807) is 17.0 Å². The molecule has 0 radical (unpaired) electrons. The fourth-order valence-corrected chi connectivity index (χ4v) is 4.20. The quantitative estimate of drug-likeness (QED) is 0.554. The second-order valence-corrected chi connectivity index (χ2v) is 8.32. The zero-order chi connectivity index (χ0) is 22.3. The van der Waals surface area contributed by atoms with E-state index >= 15 is 0 Å². The minimum Gasteiger partial charge on any atom is -0.408 e. The zero-order valence-corrected chi connectivity index (χ0v) is 18.6. The van der Waals surface area contributed by atoms with Crippen molar-refractivity contribution >= 4 is 23.2 Å². The number of nitrogens with zero attached hydrogens (tertiary/aromatic N) is 4. The molecule has 32 heavy (non-hydrogen) atoms. The van der Waals surface area contributed by atoms with Gasteiger partial charge in [-0.15, -0.1) is 10.2 Å². The highest BCUT2D eigenvalue weighted by atomic mass is 16.6. The molecule has 0 bridgehead atoms. The highest BCUT2D eigenvalue weighted by molar-refractivity contribution is 5.73. The summed E-state index contributed by atoms with van der Waals surface area (Å²) in [4.78, 5) is 17.1. The summed E-state index contributed by atoms with van der Waals surface area (Å²) in [6.45, 7) is 7.01. The Balaban J connectivity index is 1.36. The van der Waals surface area contributed by atoms with Crippen LogP contribution in [-0.2, 0) is 4.74 Å². The first kappa shape index (κ1) is 22.2. The van der Waals surface area contributed by atoms with Crippen LogP contribution in [0, 0.1) is 6.92 Å². The van der Waals surface area contributed by atoms with Gasteiger partial charge in [0.2, 0.25) is 0 Å². The Bertz CT molecular complexity index is 948. The summed E-state index contributed by atoms with van der Waals surface area (Å²) in [6, 6.07) is 13.3. The lowest BCUT2D eigenvalue weighted by molar-refractivity contribution is 0.0917. The average molecular weight is 438 g/mol. The van der Waals surface area contributed by atoms with E-state index in [1.165, 1.54) is 0 Å². The summed E-state index contributed by atoms with van der Waals surface area (Å²) in [5.74, 6) is 0.388. The third kappa shape index (κ3) is 5.63. The zero-order valence-electron chi connectivity index (χ0n) is 18.6. The molecule has 0 atom stereocenters. The minimum absolute atomic E-state index is 0.347. The molecular weight excluding hydrogens is 406 g/mol. The summed E-state index contributed by atoms with van der Waals surface area (Å²) in [7, 11) is 0. The Morgan fingerprint density at radius 3 is 2.62 bits per heavy atom. The van der Waals surface area contributed by atoms with Crippen molar-refractivity contribution in [3.8, 4) is 5.75 Å². The van der Waals surface area contributed by atoms with E-state index in [9.17, 15) is 4.79 Å². The molecule has 1 amide bonds. The van der Waals surface area contributed by atoms with E-state index in [1.807, 2.05) is 37.3 Å². The SMILES string of the molecule is Cc1ccc(N=Nc2ccccc2OC(=O)N2CCC(N3CCCOCC3)CC2)c(N)c1. The van der Waals surface area contributed by atoms with Crippen molar-refractivity contribution in [1.82, 2.24) is 9.80 Å². The van der Waals surface area contributed by atoms with Gasteiger partial charge in [0.05, 0.1) is 12.3 Å². The molecule has 4 rings (SSSR count). The number of carbonyl (C=O) groups is 1. The number of likely N-dealkylation sites (tertiary alicyclic amines) is 1. The molecule has 0 aromatic heterocycles. The highest BCUT2D eigenvalue weighted by Crippen LogP contribution is 2.31. The van der Waals surface area contributed by atoms with E-state index in [4.69, 9.17) is 15.2 Å². The molecule has 2 aromatic rings. The predicted octanol–water partition coefficient (Wildman–Crippen LogP) is 4.68. The van der Waals surface area contributed by atoms with Crippen LogP contribution in [0.1, 0.15) is 24.8 Å². The van der Waals surface area contributed by atoms with Crippen molar-refractivity contribution in [1.29, 1.82) is 0 Å². The molecule has 2 aliphatic heterocycles. The highest BCUT2D eigenvalue weighted by Gasteiger charge is 2.28. The van der Waals surface area contributed by atoms with E-state index in [0.717, 1.165) is 51.1 Å². The summed E-state index contributed by atoms with van der Waals surface area (Å²) in [6.07, 6.45) is 2.62. The van der Waals surface area contributed by atoms with Gasteiger partial charge in [0.15, 0.2) is 5.75 Å². The van der Waals surface area contributed by atoms with Gasteiger partial charge in [0, 0.05) is 38.8 Å². The molecule has 8 nitrogen and oxygen atoms in total. The van der Waals surface area contributed by atoms with Gasteiger partial charge in [0.1, 0.15) is 11.4 Å². The van der Waals surface area contributed by atoms with Crippen molar-refractivity contribution in [2.75, 3.05) is 45.1 Å². The van der Waals surface area contributed by atoms with Gasteiger partial charge in [-0.25, -0.2) is 4.79 Å². The average Bonchev–Trinajstić information content (AvgIpc) is 3.09. The number of benzene rings is 2. The molecule has 0 saturated carbocycles. The fourth-order valence-electron chi connectivity index (χ4n) is 4.20. The van der Waals surface area contributed by atoms with Gasteiger partial charge >= 0.3 is 6.09 Å². The van der Waals surface area contributed by atoms with Crippen LogP contribution in [0.5, 0.6) is 5.75 Å². The number of nitrogens with two attached hydrogens (primary N) is 1. The third-order valence-electron chi connectivity index (χ3n) is 6.01. The second-order valence-electron chi connectivity index (χ2n) is 8.32. The third-order valence-corrected chi connectivity index (χ3v) is 6.01. The summed E-state index contributed by atoms with van der Waals surface area (Å²) < 4.78 is 11.3. The second kappa shape index (κ2) is 10.6. The molecule has 0 aliphatic carbocycles. The van der Waals surface area contributed by atoms with E-state index < -0.39 is 0 Å². The van der Waals surface area contributed by atoms with Crippen molar-refractivity contribution < 1.29 is 14.3 Å². The number of aryl methyl sites for hydroxylation is 1. The smallest absolute Gasteiger partial charge is 0.408 e. The molecule has 0 spiro atoms. The van der Waals surface area contributed by atoms with Crippen molar-refractivity contribution in [3.63, 3.8) is 0 Å². The maximum absolute atomic E-state index is 12.8. The van der Waals surface area contributed by atoms with Crippen molar-refractivity contribution in [2.24, 2.45) is 10.2 Å². The first-order chi connectivity index (χ1) is 15.6. The first-order valence-corrected chi connectivity index (χ1v) is 11.3.